The van der Waals surface area contributed by atoms with E-state index in [1.54, 1.807) is 13.0 Å². The molecule has 17 nitrogen and oxygen atoms in total. The zero-order valence-electron chi connectivity index (χ0n) is 33.0. The number of ether oxygens (including phenoxy) is 2. The lowest BCUT2D eigenvalue weighted by Crippen LogP contribution is -2.43. The van der Waals surface area contributed by atoms with Gasteiger partial charge in [0.1, 0.15) is 17.4 Å². The maximum atomic E-state index is 13.2. The van der Waals surface area contributed by atoms with E-state index in [2.05, 4.69) is 26.6 Å². The van der Waals surface area contributed by atoms with Crippen LogP contribution in [-0.2, 0) is 9.59 Å². The van der Waals surface area contributed by atoms with E-state index in [0.29, 0.717) is 16.8 Å². The van der Waals surface area contributed by atoms with Gasteiger partial charge >= 0.3 is 5.97 Å². The van der Waals surface area contributed by atoms with Crippen molar-refractivity contribution in [2.24, 2.45) is 0 Å². The summed E-state index contributed by atoms with van der Waals surface area (Å²) in [6.07, 6.45) is 1.21. The number of carboxylic acid groups (broad SMARTS) is 1. The molecular weight excluding hydrogens is 808 g/mol. The van der Waals surface area contributed by atoms with Crippen molar-refractivity contribution in [2.45, 2.75) is 19.4 Å². The molecule has 18 heteroatoms. The lowest BCUT2D eigenvalue weighted by Gasteiger charge is -2.17. The fourth-order valence-corrected chi connectivity index (χ4v) is 5.78. The van der Waals surface area contributed by atoms with E-state index < -0.39 is 64.4 Å². The normalized spacial score (nSPS) is 11.2. The minimum atomic E-state index is -1.43. The number of phenolic OH excluding ortho intramolecular Hbond substituents is 1. The highest BCUT2D eigenvalue weighted by atomic mass is 19.1. The summed E-state index contributed by atoms with van der Waals surface area (Å²) in [5.41, 5.74) is 0.939. The number of carbonyl (C=O) groups excluding carboxylic acids is 5. The predicted molar refractivity (Wildman–Crippen MR) is 224 cm³/mol. The van der Waals surface area contributed by atoms with Crippen molar-refractivity contribution in [3.8, 4) is 29.1 Å². The zero-order chi connectivity index (χ0) is 45.1. The van der Waals surface area contributed by atoms with Gasteiger partial charge in [-0.15, -0.1) is 0 Å². The second-order valence-corrected chi connectivity index (χ2v) is 13.2. The molecule has 5 rings (SSSR count). The number of carboxylic acids is 1. The molecule has 0 saturated heterocycles. The number of nitriles is 1. The lowest BCUT2D eigenvalue weighted by atomic mass is 10.1. The van der Waals surface area contributed by atoms with Crippen LogP contribution in [-0.4, -0.2) is 71.1 Å². The van der Waals surface area contributed by atoms with Gasteiger partial charge in [-0.05, 0) is 103 Å². The number of amides is 5. The molecule has 1 atom stereocenters. The van der Waals surface area contributed by atoms with Crippen LogP contribution < -0.4 is 36.1 Å². The van der Waals surface area contributed by atoms with Crippen LogP contribution in [0.5, 0.6) is 23.0 Å². The Morgan fingerprint density at radius 1 is 0.677 bits per heavy atom. The fourth-order valence-electron chi connectivity index (χ4n) is 5.78. The Labute approximate surface area is 352 Å². The first kappa shape index (κ1) is 44.4. The monoisotopic (exact) mass is 844 g/mol. The predicted octanol–water partition coefficient (Wildman–Crippen LogP) is 6.15. The SMILES string of the molecule is COc1c(NC(=O)c2ccc(NC(=O)c3ccc(NC(=O)C(CC#N)NC(=O)c4ccc(NC(=O)/C(C)=C/c5ccc(F)cc5)cc4)cc3)c(OC)c2O)ccc(C(=O)O)c1O. The Morgan fingerprint density at radius 3 is 1.71 bits per heavy atom. The number of halogens is 1. The quantitative estimate of drug-likeness (QED) is 0.0552. The zero-order valence-corrected chi connectivity index (χ0v) is 33.0. The number of aromatic hydroxyl groups is 2. The van der Waals surface area contributed by atoms with Gasteiger partial charge in [0.25, 0.3) is 23.6 Å². The molecular formula is C44H37FN6O11. The minimum absolute atomic E-state index is 0.0230. The Hall–Kier alpha value is -8.72. The van der Waals surface area contributed by atoms with Crippen molar-refractivity contribution in [3.05, 3.63) is 136 Å². The number of hydrogen-bond acceptors (Lipinski definition) is 11. The summed E-state index contributed by atoms with van der Waals surface area (Å²) < 4.78 is 23.5. The van der Waals surface area contributed by atoms with Gasteiger partial charge in [0.15, 0.2) is 23.0 Å². The molecule has 5 aromatic carbocycles. The Bertz CT molecular complexity index is 2620. The van der Waals surface area contributed by atoms with E-state index in [-0.39, 0.29) is 51.7 Å². The van der Waals surface area contributed by atoms with Gasteiger partial charge in [-0.2, -0.15) is 5.26 Å². The Kier molecular flexibility index (Phi) is 14.2. The summed E-state index contributed by atoms with van der Waals surface area (Å²) >= 11 is 0. The first-order valence-electron chi connectivity index (χ1n) is 18.2. The van der Waals surface area contributed by atoms with E-state index >= 15 is 0 Å². The van der Waals surface area contributed by atoms with Crippen molar-refractivity contribution >= 4 is 64.3 Å². The summed E-state index contributed by atoms with van der Waals surface area (Å²) in [5.74, 6) is -7.19. The maximum Gasteiger partial charge on any atom is 0.339 e. The molecule has 8 N–H and O–H groups in total. The van der Waals surface area contributed by atoms with E-state index in [0.717, 1.165) is 13.2 Å². The second-order valence-electron chi connectivity index (χ2n) is 13.2. The molecule has 0 saturated carbocycles. The number of benzene rings is 5. The number of carbonyl (C=O) groups is 6. The van der Waals surface area contributed by atoms with E-state index in [1.165, 1.54) is 98.1 Å². The molecule has 0 aliphatic heterocycles. The number of nitrogens with one attached hydrogen (secondary N) is 5. The van der Waals surface area contributed by atoms with Crippen molar-refractivity contribution in [3.63, 3.8) is 0 Å². The summed E-state index contributed by atoms with van der Waals surface area (Å²) in [4.78, 5) is 76.5. The highest BCUT2D eigenvalue weighted by Crippen LogP contribution is 2.40. The first-order chi connectivity index (χ1) is 29.6. The first-order valence-corrected chi connectivity index (χ1v) is 18.2. The van der Waals surface area contributed by atoms with Gasteiger partial charge in [0.05, 0.1) is 43.6 Å². The molecule has 316 valence electrons. The summed E-state index contributed by atoms with van der Waals surface area (Å²) in [6, 6.07) is 22.3. The number of rotatable bonds is 15. The lowest BCUT2D eigenvalue weighted by molar-refractivity contribution is -0.118. The van der Waals surface area contributed by atoms with Gasteiger partial charge in [-0.3, -0.25) is 24.0 Å². The van der Waals surface area contributed by atoms with Crippen LogP contribution >= 0.6 is 0 Å². The van der Waals surface area contributed by atoms with Crippen molar-refractivity contribution < 1.29 is 58.0 Å². The van der Waals surface area contributed by atoms with Crippen LogP contribution in [0, 0.1) is 17.1 Å². The van der Waals surface area contributed by atoms with Crippen molar-refractivity contribution in [2.75, 3.05) is 35.5 Å². The van der Waals surface area contributed by atoms with Crippen LogP contribution in [0.4, 0.5) is 27.1 Å². The molecule has 0 aliphatic rings. The molecule has 5 amide bonds. The fraction of sp³-hybridized carbons (Fsp3) is 0.114. The number of phenols is 2. The topological polar surface area (TPSA) is 266 Å². The number of nitrogens with zero attached hydrogens (tertiary/aromatic N) is 1. The van der Waals surface area contributed by atoms with E-state index in [4.69, 9.17) is 9.47 Å². The Balaban J connectivity index is 1.18. The Morgan fingerprint density at radius 2 is 1.18 bits per heavy atom. The third-order valence-corrected chi connectivity index (χ3v) is 8.99. The molecule has 0 radical (unpaired) electrons. The van der Waals surface area contributed by atoms with Gasteiger partial charge in [-0.25, -0.2) is 9.18 Å². The minimum Gasteiger partial charge on any atom is -0.504 e. The molecule has 0 aromatic heterocycles. The molecule has 0 bridgehead atoms. The van der Waals surface area contributed by atoms with Crippen LogP contribution in [0.3, 0.4) is 0 Å². The third-order valence-electron chi connectivity index (χ3n) is 8.99. The van der Waals surface area contributed by atoms with Gasteiger partial charge in [0, 0.05) is 28.1 Å². The summed E-state index contributed by atoms with van der Waals surface area (Å²) in [5, 5.41) is 52.6. The number of aromatic carboxylic acids is 1. The van der Waals surface area contributed by atoms with Crippen molar-refractivity contribution in [1.29, 1.82) is 5.26 Å². The van der Waals surface area contributed by atoms with Gasteiger partial charge in [0.2, 0.25) is 5.91 Å². The van der Waals surface area contributed by atoms with Crippen LogP contribution in [0.2, 0.25) is 0 Å². The van der Waals surface area contributed by atoms with Crippen LogP contribution in [0.1, 0.15) is 60.3 Å². The van der Waals surface area contributed by atoms with Gasteiger partial charge in [-0.1, -0.05) is 12.1 Å². The standard InChI is InChI=1S/C44H37FN6O11/c1-23(22-24-4-10-27(45)11-5-24)39(54)47-28-12-6-26(7-13-28)41(56)51-34(20-21-46)43(58)48-29-14-8-25(9-15-29)40(55)49-32-18-16-30(35(52)37(32)61-2)42(57)50-33-19-17-31(44(59)60)36(53)38(33)62-3/h4-19,22,34,52-53H,20H2,1-3H3,(H,47,54)(H,48,58)(H,49,55)(H,50,57)(H,51,56)(H,59,60)/b23-22+. The summed E-state index contributed by atoms with van der Waals surface area (Å²) in [6.45, 7) is 1.59. The number of methoxy groups -OCH3 is 2. The smallest absolute Gasteiger partial charge is 0.339 e. The number of hydrogen-bond donors (Lipinski definition) is 8. The molecule has 0 spiro atoms. The summed E-state index contributed by atoms with van der Waals surface area (Å²) in [7, 11) is 2.35. The molecule has 62 heavy (non-hydrogen) atoms. The van der Waals surface area contributed by atoms with E-state index in [9.17, 15) is 53.7 Å². The van der Waals surface area contributed by atoms with Crippen LogP contribution in [0.15, 0.2) is 103 Å². The second kappa shape index (κ2) is 19.8. The average molecular weight is 845 g/mol. The van der Waals surface area contributed by atoms with Crippen LogP contribution in [0.25, 0.3) is 6.08 Å². The highest BCUT2D eigenvalue weighted by Gasteiger charge is 2.25. The maximum absolute atomic E-state index is 13.2. The molecule has 0 fully saturated rings. The highest BCUT2D eigenvalue weighted by molar-refractivity contribution is 6.11. The number of anilines is 4. The molecule has 1 unspecified atom stereocenters. The molecule has 0 heterocycles. The van der Waals surface area contributed by atoms with Crippen molar-refractivity contribution in [1.82, 2.24) is 5.32 Å². The van der Waals surface area contributed by atoms with Gasteiger partial charge < -0.3 is 51.4 Å². The molecule has 0 aliphatic carbocycles. The molecule has 5 aromatic rings. The third kappa shape index (κ3) is 10.7. The largest absolute Gasteiger partial charge is 0.504 e. The average Bonchev–Trinajstić information content (AvgIpc) is 3.24. The van der Waals surface area contributed by atoms with E-state index in [1.807, 2.05) is 6.07 Å².